The molecule has 0 fully saturated rings. The second-order valence-corrected chi connectivity index (χ2v) is 5.64. The van der Waals surface area contributed by atoms with E-state index in [0.29, 0.717) is 29.1 Å². The summed E-state index contributed by atoms with van der Waals surface area (Å²) >= 11 is 1.22. The molecule has 1 aromatic heterocycles. The predicted octanol–water partition coefficient (Wildman–Crippen LogP) is 3.49. The fourth-order valence-corrected chi connectivity index (χ4v) is 2.90. The van der Waals surface area contributed by atoms with E-state index in [-0.39, 0.29) is 5.82 Å². The van der Waals surface area contributed by atoms with Gasteiger partial charge in [-0.2, -0.15) is 0 Å². The van der Waals surface area contributed by atoms with Gasteiger partial charge >= 0.3 is 5.97 Å². The second-order valence-electron chi connectivity index (χ2n) is 4.73. The van der Waals surface area contributed by atoms with E-state index in [9.17, 15) is 9.18 Å². The highest BCUT2D eigenvalue weighted by atomic mass is 32.1. The van der Waals surface area contributed by atoms with Crippen molar-refractivity contribution in [2.24, 2.45) is 0 Å². The van der Waals surface area contributed by atoms with Crippen molar-refractivity contribution in [1.82, 2.24) is 5.32 Å². The number of carbonyl (C=O) groups is 1. The molecular formula is C15H16FNO2S. The molecule has 3 nitrogen and oxygen atoms in total. The van der Waals surface area contributed by atoms with Crippen molar-refractivity contribution in [3.05, 3.63) is 56.5 Å². The van der Waals surface area contributed by atoms with E-state index in [1.807, 2.05) is 6.07 Å². The third-order valence-electron chi connectivity index (χ3n) is 3.08. The summed E-state index contributed by atoms with van der Waals surface area (Å²) in [5.74, 6) is -1.06. The second kappa shape index (κ2) is 6.15. The molecule has 5 heteroatoms. The lowest BCUT2D eigenvalue weighted by atomic mass is 10.1. The molecule has 1 heterocycles. The van der Waals surface area contributed by atoms with Crippen LogP contribution in [0.1, 0.15) is 31.9 Å². The third-order valence-corrected chi connectivity index (χ3v) is 4.03. The summed E-state index contributed by atoms with van der Waals surface area (Å²) in [6.07, 6.45) is 0. The van der Waals surface area contributed by atoms with Crippen LogP contribution in [0.5, 0.6) is 0 Å². The van der Waals surface area contributed by atoms with Crippen molar-refractivity contribution in [2.45, 2.75) is 26.9 Å². The Morgan fingerprint density at radius 1 is 1.30 bits per heavy atom. The topological polar surface area (TPSA) is 49.3 Å². The number of aromatic carboxylic acids is 1. The lowest BCUT2D eigenvalue weighted by Gasteiger charge is -2.08. The first kappa shape index (κ1) is 14.7. The fraction of sp³-hybridized carbons (Fsp3) is 0.267. The SMILES string of the molecule is Cc1cc(CNCc2ccsc2C(=O)O)cc(C)c1F. The maximum atomic E-state index is 13.5. The zero-order valence-electron chi connectivity index (χ0n) is 11.4. The third kappa shape index (κ3) is 3.23. The van der Waals surface area contributed by atoms with Gasteiger partial charge in [-0.1, -0.05) is 12.1 Å². The zero-order valence-corrected chi connectivity index (χ0v) is 12.2. The summed E-state index contributed by atoms with van der Waals surface area (Å²) in [6.45, 7) is 4.55. The van der Waals surface area contributed by atoms with Crippen LogP contribution in [-0.2, 0) is 13.1 Å². The average molecular weight is 293 g/mol. The Morgan fingerprint density at radius 3 is 2.55 bits per heavy atom. The largest absolute Gasteiger partial charge is 0.477 e. The van der Waals surface area contributed by atoms with Gasteiger partial charge in [0.05, 0.1) is 0 Å². The number of nitrogens with one attached hydrogen (secondary N) is 1. The van der Waals surface area contributed by atoms with E-state index in [0.717, 1.165) is 11.1 Å². The molecule has 0 aliphatic carbocycles. The van der Waals surface area contributed by atoms with Crippen molar-refractivity contribution < 1.29 is 14.3 Å². The first-order valence-electron chi connectivity index (χ1n) is 6.25. The van der Waals surface area contributed by atoms with Crippen LogP contribution in [-0.4, -0.2) is 11.1 Å². The number of hydrogen-bond acceptors (Lipinski definition) is 3. The Labute approximate surface area is 121 Å². The van der Waals surface area contributed by atoms with Gasteiger partial charge in [0.25, 0.3) is 0 Å². The maximum Gasteiger partial charge on any atom is 0.346 e. The van der Waals surface area contributed by atoms with E-state index >= 15 is 0 Å². The smallest absolute Gasteiger partial charge is 0.346 e. The van der Waals surface area contributed by atoms with Crippen molar-refractivity contribution >= 4 is 17.3 Å². The van der Waals surface area contributed by atoms with E-state index in [4.69, 9.17) is 5.11 Å². The number of carboxylic acid groups (broad SMARTS) is 1. The lowest BCUT2D eigenvalue weighted by Crippen LogP contribution is -2.14. The molecule has 2 N–H and O–H groups in total. The minimum atomic E-state index is -0.898. The van der Waals surface area contributed by atoms with Crippen molar-refractivity contribution in [2.75, 3.05) is 0 Å². The number of carboxylic acids is 1. The summed E-state index contributed by atoms with van der Waals surface area (Å²) < 4.78 is 13.5. The van der Waals surface area contributed by atoms with Crippen LogP contribution in [0.4, 0.5) is 4.39 Å². The van der Waals surface area contributed by atoms with Crippen LogP contribution < -0.4 is 5.32 Å². The van der Waals surface area contributed by atoms with Gasteiger partial charge in [-0.25, -0.2) is 9.18 Å². The Bertz CT molecular complexity index is 614. The van der Waals surface area contributed by atoms with Gasteiger partial charge in [0, 0.05) is 13.1 Å². The molecule has 0 saturated heterocycles. The van der Waals surface area contributed by atoms with E-state index < -0.39 is 5.97 Å². The summed E-state index contributed by atoms with van der Waals surface area (Å²) in [5.41, 5.74) is 3.03. The van der Waals surface area contributed by atoms with Gasteiger partial charge in [-0.3, -0.25) is 0 Å². The van der Waals surface area contributed by atoms with Crippen molar-refractivity contribution in [1.29, 1.82) is 0 Å². The monoisotopic (exact) mass is 293 g/mol. The number of hydrogen-bond donors (Lipinski definition) is 2. The molecule has 0 saturated carbocycles. The normalized spacial score (nSPS) is 10.8. The van der Waals surface area contributed by atoms with Gasteiger partial charge in [0.1, 0.15) is 10.7 Å². The van der Waals surface area contributed by atoms with Crippen LogP contribution in [0.15, 0.2) is 23.6 Å². The van der Waals surface area contributed by atoms with E-state index in [1.165, 1.54) is 11.3 Å². The minimum Gasteiger partial charge on any atom is -0.477 e. The number of aryl methyl sites for hydroxylation is 2. The van der Waals surface area contributed by atoms with Crippen LogP contribution in [0.3, 0.4) is 0 Å². The molecule has 0 amide bonds. The first-order chi connectivity index (χ1) is 9.49. The Balaban J connectivity index is 2.00. The molecule has 106 valence electrons. The van der Waals surface area contributed by atoms with Crippen molar-refractivity contribution in [3.63, 3.8) is 0 Å². The molecular weight excluding hydrogens is 277 g/mol. The fourth-order valence-electron chi connectivity index (χ4n) is 2.14. The maximum absolute atomic E-state index is 13.5. The molecule has 0 aliphatic rings. The highest BCUT2D eigenvalue weighted by Crippen LogP contribution is 2.17. The summed E-state index contributed by atoms with van der Waals surface area (Å²) in [5, 5.41) is 14.0. The number of rotatable bonds is 5. The quantitative estimate of drug-likeness (QED) is 0.887. The molecule has 0 radical (unpaired) electrons. The van der Waals surface area contributed by atoms with Crippen LogP contribution in [0, 0.1) is 19.7 Å². The number of thiophene rings is 1. The van der Waals surface area contributed by atoms with Crippen LogP contribution in [0.25, 0.3) is 0 Å². The Hall–Kier alpha value is -1.72. The van der Waals surface area contributed by atoms with E-state index in [2.05, 4.69) is 5.32 Å². The standard InChI is InChI=1S/C15H16FNO2S/c1-9-5-11(6-10(2)13(9)16)7-17-8-12-3-4-20-14(12)15(18)19/h3-6,17H,7-8H2,1-2H3,(H,18,19). The lowest BCUT2D eigenvalue weighted by molar-refractivity contribution is 0.0701. The number of halogens is 1. The van der Waals surface area contributed by atoms with Gasteiger partial charge in [0.2, 0.25) is 0 Å². The Kier molecular flexibility index (Phi) is 4.52. The molecule has 2 aromatic rings. The average Bonchev–Trinajstić information content (AvgIpc) is 2.84. The van der Waals surface area contributed by atoms with Gasteiger partial charge in [-0.15, -0.1) is 11.3 Å². The molecule has 0 unspecified atom stereocenters. The molecule has 0 aliphatic heterocycles. The van der Waals surface area contributed by atoms with Gasteiger partial charge < -0.3 is 10.4 Å². The van der Waals surface area contributed by atoms with Crippen LogP contribution in [0.2, 0.25) is 0 Å². The highest BCUT2D eigenvalue weighted by molar-refractivity contribution is 7.12. The first-order valence-corrected chi connectivity index (χ1v) is 7.13. The van der Waals surface area contributed by atoms with Crippen molar-refractivity contribution in [3.8, 4) is 0 Å². The zero-order chi connectivity index (χ0) is 14.7. The molecule has 0 bridgehead atoms. The number of benzene rings is 1. The Morgan fingerprint density at radius 2 is 1.95 bits per heavy atom. The van der Waals surface area contributed by atoms with Crippen LogP contribution >= 0.6 is 11.3 Å². The summed E-state index contributed by atoms with van der Waals surface area (Å²) in [7, 11) is 0. The van der Waals surface area contributed by atoms with Gasteiger partial charge in [-0.05, 0) is 47.5 Å². The van der Waals surface area contributed by atoms with Gasteiger partial charge in [0.15, 0.2) is 0 Å². The molecule has 1 aromatic carbocycles. The highest BCUT2D eigenvalue weighted by Gasteiger charge is 2.11. The summed E-state index contributed by atoms with van der Waals surface area (Å²) in [4.78, 5) is 11.3. The molecule has 0 atom stereocenters. The molecule has 0 spiro atoms. The van der Waals surface area contributed by atoms with E-state index in [1.54, 1.807) is 31.4 Å². The molecule has 2 rings (SSSR count). The molecule has 20 heavy (non-hydrogen) atoms. The predicted molar refractivity (Wildman–Crippen MR) is 77.7 cm³/mol. The summed E-state index contributed by atoms with van der Waals surface area (Å²) in [6, 6.07) is 5.42. The minimum absolute atomic E-state index is 0.167.